The summed E-state index contributed by atoms with van der Waals surface area (Å²) in [4.78, 5) is 4.50. The van der Waals surface area contributed by atoms with Gasteiger partial charge in [0.15, 0.2) is 0 Å². The SMILES string of the molecule is CCC(C)(OC)C(=NC(C)(C)C)NN. The van der Waals surface area contributed by atoms with Crippen molar-refractivity contribution in [3.8, 4) is 0 Å². The number of rotatable bonds is 3. The van der Waals surface area contributed by atoms with Gasteiger partial charge in [-0.05, 0) is 34.1 Å². The zero-order valence-electron chi connectivity index (χ0n) is 10.1. The Balaban J connectivity index is 4.97. The molecule has 0 saturated carbocycles. The zero-order valence-corrected chi connectivity index (χ0v) is 10.1. The van der Waals surface area contributed by atoms with E-state index in [1.165, 1.54) is 0 Å². The molecule has 0 aromatic heterocycles. The summed E-state index contributed by atoms with van der Waals surface area (Å²) >= 11 is 0. The first kappa shape index (κ1) is 13.4. The van der Waals surface area contributed by atoms with Crippen LogP contribution in [0.25, 0.3) is 0 Å². The van der Waals surface area contributed by atoms with Crippen molar-refractivity contribution in [3.05, 3.63) is 0 Å². The van der Waals surface area contributed by atoms with Crippen LogP contribution in [0.3, 0.4) is 0 Å². The maximum Gasteiger partial charge on any atom is 0.143 e. The van der Waals surface area contributed by atoms with Crippen LogP contribution < -0.4 is 11.3 Å². The van der Waals surface area contributed by atoms with Gasteiger partial charge in [0.1, 0.15) is 11.4 Å². The number of ether oxygens (including phenoxy) is 1. The lowest BCUT2D eigenvalue weighted by Crippen LogP contribution is -2.49. The van der Waals surface area contributed by atoms with E-state index in [4.69, 9.17) is 10.6 Å². The summed E-state index contributed by atoms with van der Waals surface area (Å²) in [6.07, 6.45) is 0.822. The Kier molecular flexibility index (Phi) is 4.55. The molecule has 4 nitrogen and oxygen atoms in total. The van der Waals surface area contributed by atoms with Crippen LogP contribution in [0.5, 0.6) is 0 Å². The summed E-state index contributed by atoms with van der Waals surface area (Å²) in [5.41, 5.74) is 2.04. The number of methoxy groups -OCH3 is 1. The lowest BCUT2D eigenvalue weighted by Gasteiger charge is -2.30. The van der Waals surface area contributed by atoms with Gasteiger partial charge >= 0.3 is 0 Å². The lowest BCUT2D eigenvalue weighted by atomic mass is 10.0. The maximum absolute atomic E-state index is 5.46. The summed E-state index contributed by atoms with van der Waals surface area (Å²) < 4.78 is 5.41. The van der Waals surface area contributed by atoms with Crippen molar-refractivity contribution in [1.29, 1.82) is 0 Å². The summed E-state index contributed by atoms with van der Waals surface area (Å²) in [6.45, 7) is 10.1. The van der Waals surface area contributed by atoms with Crippen molar-refractivity contribution in [2.24, 2.45) is 10.8 Å². The Morgan fingerprint density at radius 3 is 2.07 bits per heavy atom. The van der Waals surface area contributed by atoms with Crippen LogP contribution in [-0.4, -0.2) is 24.1 Å². The molecule has 3 N–H and O–H groups in total. The molecule has 0 heterocycles. The minimum atomic E-state index is -0.429. The Morgan fingerprint density at radius 1 is 1.36 bits per heavy atom. The third kappa shape index (κ3) is 3.64. The lowest BCUT2D eigenvalue weighted by molar-refractivity contribution is 0.0592. The van der Waals surface area contributed by atoms with E-state index in [1.54, 1.807) is 7.11 Å². The fourth-order valence-electron chi connectivity index (χ4n) is 1.05. The highest BCUT2D eigenvalue weighted by atomic mass is 16.5. The molecule has 0 aromatic carbocycles. The van der Waals surface area contributed by atoms with Crippen LogP contribution >= 0.6 is 0 Å². The molecule has 0 bridgehead atoms. The molecular weight excluding hydrogens is 178 g/mol. The highest BCUT2D eigenvalue weighted by molar-refractivity contribution is 5.90. The number of hydrogen-bond acceptors (Lipinski definition) is 3. The first-order valence-corrected chi connectivity index (χ1v) is 4.91. The van der Waals surface area contributed by atoms with Gasteiger partial charge in [0, 0.05) is 7.11 Å². The van der Waals surface area contributed by atoms with Gasteiger partial charge in [0.05, 0.1) is 5.54 Å². The van der Waals surface area contributed by atoms with Gasteiger partial charge < -0.3 is 10.2 Å². The van der Waals surface area contributed by atoms with Crippen molar-refractivity contribution in [1.82, 2.24) is 5.43 Å². The minimum Gasteiger partial charge on any atom is -0.371 e. The number of aliphatic imine (C=N–C) groups is 1. The van der Waals surface area contributed by atoms with E-state index in [9.17, 15) is 0 Å². The second-order valence-corrected chi connectivity index (χ2v) is 4.56. The highest BCUT2D eigenvalue weighted by Gasteiger charge is 2.29. The highest BCUT2D eigenvalue weighted by Crippen LogP contribution is 2.18. The molecule has 0 aliphatic heterocycles. The fraction of sp³-hybridized carbons (Fsp3) is 0.900. The average molecular weight is 201 g/mol. The summed E-state index contributed by atoms with van der Waals surface area (Å²) in [5, 5.41) is 0. The fourth-order valence-corrected chi connectivity index (χ4v) is 1.05. The monoisotopic (exact) mass is 201 g/mol. The molecule has 0 aliphatic rings. The number of nitrogens with zero attached hydrogens (tertiary/aromatic N) is 1. The van der Waals surface area contributed by atoms with Crippen LogP contribution in [0, 0.1) is 0 Å². The standard InChI is InChI=1S/C10H23N3O/c1-7-10(5,14-6)8(13-11)12-9(2,3)4/h7,11H2,1-6H3,(H,12,13). The van der Waals surface area contributed by atoms with Gasteiger partial charge in [-0.3, -0.25) is 4.99 Å². The first-order chi connectivity index (χ1) is 6.29. The van der Waals surface area contributed by atoms with Gasteiger partial charge in [-0.1, -0.05) is 6.92 Å². The molecule has 0 saturated heterocycles. The average Bonchev–Trinajstić information content (AvgIpc) is 2.11. The largest absolute Gasteiger partial charge is 0.371 e. The topological polar surface area (TPSA) is 59.6 Å². The predicted octanol–water partition coefficient (Wildman–Crippen LogP) is 1.46. The molecule has 84 valence electrons. The third-order valence-electron chi connectivity index (χ3n) is 2.21. The number of hydrogen-bond donors (Lipinski definition) is 2. The van der Waals surface area contributed by atoms with Crippen molar-refractivity contribution in [2.75, 3.05) is 7.11 Å². The van der Waals surface area contributed by atoms with Crippen LogP contribution in [0.4, 0.5) is 0 Å². The second kappa shape index (κ2) is 4.75. The summed E-state index contributed by atoms with van der Waals surface area (Å²) in [6, 6.07) is 0. The first-order valence-electron chi connectivity index (χ1n) is 4.91. The molecular formula is C10H23N3O. The molecule has 0 radical (unpaired) electrons. The molecule has 0 aliphatic carbocycles. The molecule has 1 unspecified atom stereocenters. The van der Waals surface area contributed by atoms with Gasteiger partial charge in [0.2, 0.25) is 0 Å². The van der Waals surface area contributed by atoms with Crippen LogP contribution in [-0.2, 0) is 4.74 Å². The minimum absolute atomic E-state index is 0.156. The van der Waals surface area contributed by atoms with E-state index < -0.39 is 5.60 Å². The Morgan fingerprint density at radius 2 is 1.86 bits per heavy atom. The van der Waals surface area contributed by atoms with E-state index in [2.05, 4.69) is 10.4 Å². The van der Waals surface area contributed by atoms with E-state index in [1.807, 2.05) is 34.6 Å². The number of hydrazine groups is 1. The van der Waals surface area contributed by atoms with E-state index >= 15 is 0 Å². The Bertz CT molecular complexity index is 202. The Labute approximate surface area is 86.9 Å². The number of amidine groups is 1. The molecule has 0 rings (SSSR count). The van der Waals surface area contributed by atoms with Crippen LogP contribution in [0.15, 0.2) is 4.99 Å². The summed E-state index contributed by atoms with van der Waals surface area (Å²) in [5.74, 6) is 6.15. The van der Waals surface area contributed by atoms with Gasteiger partial charge in [0.25, 0.3) is 0 Å². The second-order valence-electron chi connectivity index (χ2n) is 4.56. The summed E-state index contributed by atoms with van der Waals surface area (Å²) in [7, 11) is 1.67. The van der Waals surface area contributed by atoms with Crippen LogP contribution in [0.2, 0.25) is 0 Å². The predicted molar refractivity (Wildman–Crippen MR) is 60.2 cm³/mol. The third-order valence-corrected chi connectivity index (χ3v) is 2.21. The van der Waals surface area contributed by atoms with Crippen molar-refractivity contribution in [2.45, 2.75) is 52.2 Å². The van der Waals surface area contributed by atoms with Gasteiger partial charge in [-0.2, -0.15) is 0 Å². The zero-order chi connectivity index (χ0) is 11.4. The van der Waals surface area contributed by atoms with Crippen molar-refractivity contribution in [3.63, 3.8) is 0 Å². The maximum atomic E-state index is 5.46. The molecule has 4 heteroatoms. The van der Waals surface area contributed by atoms with E-state index in [0.29, 0.717) is 5.84 Å². The normalized spacial score (nSPS) is 17.8. The van der Waals surface area contributed by atoms with Gasteiger partial charge in [-0.15, -0.1) is 0 Å². The molecule has 0 spiro atoms. The number of nitrogens with two attached hydrogens (primary N) is 1. The van der Waals surface area contributed by atoms with Crippen molar-refractivity contribution < 1.29 is 4.74 Å². The Hall–Kier alpha value is -0.610. The smallest absolute Gasteiger partial charge is 0.143 e. The van der Waals surface area contributed by atoms with Crippen LogP contribution in [0.1, 0.15) is 41.0 Å². The molecule has 0 amide bonds. The molecule has 1 atom stereocenters. The van der Waals surface area contributed by atoms with E-state index in [0.717, 1.165) is 6.42 Å². The number of nitrogens with one attached hydrogen (secondary N) is 1. The molecule has 0 aromatic rings. The van der Waals surface area contributed by atoms with E-state index in [-0.39, 0.29) is 5.54 Å². The molecule has 14 heavy (non-hydrogen) atoms. The quantitative estimate of drug-likeness (QED) is 0.314. The van der Waals surface area contributed by atoms with Crippen molar-refractivity contribution >= 4 is 5.84 Å². The molecule has 0 fully saturated rings. The van der Waals surface area contributed by atoms with Gasteiger partial charge in [-0.25, -0.2) is 5.84 Å².